The first-order valence-corrected chi connectivity index (χ1v) is 8.95. The van der Waals surface area contributed by atoms with Gasteiger partial charge < -0.3 is 19.5 Å². The van der Waals surface area contributed by atoms with Crippen molar-refractivity contribution < 1.29 is 19.0 Å². The number of rotatable bonds is 9. The van der Waals surface area contributed by atoms with Crippen molar-refractivity contribution in [2.24, 2.45) is 0 Å². The highest BCUT2D eigenvalue weighted by Gasteiger charge is 2.13. The molecule has 0 aliphatic rings. The lowest BCUT2D eigenvalue weighted by atomic mass is 10.0. The van der Waals surface area contributed by atoms with Crippen molar-refractivity contribution in [1.82, 2.24) is 5.32 Å². The minimum absolute atomic E-state index is 0.00437. The van der Waals surface area contributed by atoms with Gasteiger partial charge in [0.1, 0.15) is 17.4 Å². The minimum atomic E-state index is -0.455. The van der Waals surface area contributed by atoms with E-state index in [9.17, 15) is 10.1 Å². The van der Waals surface area contributed by atoms with Gasteiger partial charge in [0.2, 0.25) is 0 Å². The number of allylic oxidation sites excluding steroid dienone is 1. The van der Waals surface area contributed by atoms with Crippen molar-refractivity contribution >= 4 is 12.0 Å². The Bertz CT molecular complexity index is 941. The molecule has 150 valence electrons. The van der Waals surface area contributed by atoms with E-state index in [1.54, 1.807) is 26.4 Å². The van der Waals surface area contributed by atoms with Crippen LogP contribution in [-0.2, 0) is 17.8 Å². The first-order valence-electron chi connectivity index (χ1n) is 8.95. The molecule has 2 aromatic rings. The van der Waals surface area contributed by atoms with E-state index in [0.29, 0.717) is 30.0 Å². The van der Waals surface area contributed by atoms with Gasteiger partial charge in [-0.3, -0.25) is 4.79 Å². The van der Waals surface area contributed by atoms with E-state index in [4.69, 9.17) is 14.2 Å². The number of methoxy groups -OCH3 is 3. The SMILES string of the molecule is C=CCc1cc(/C=C(/C#N)C(=O)NCc2ccc(OC)cc2)cc(OC)c1OC. The normalized spacial score (nSPS) is 10.6. The molecule has 29 heavy (non-hydrogen) atoms. The summed E-state index contributed by atoms with van der Waals surface area (Å²) >= 11 is 0. The van der Waals surface area contributed by atoms with E-state index >= 15 is 0 Å². The molecule has 0 aromatic heterocycles. The van der Waals surface area contributed by atoms with Crippen molar-refractivity contribution in [1.29, 1.82) is 5.26 Å². The smallest absolute Gasteiger partial charge is 0.262 e. The summed E-state index contributed by atoms with van der Waals surface area (Å²) in [6, 6.07) is 12.9. The maximum absolute atomic E-state index is 12.5. The minimum Gasteiger partial charge on any atom is -0.497 e. The molecular formula is C23H24N2O4. The van der Waals surface area contributed by atoms with Crippen LogP contribution in [0.5, 0.6) is 17.2 Å². The van der Waals surface area contributed by atoms with Crippen molar-refractivity contribution in [2.45, 2.75) is 13.0 Å². The highest BCUT2D eigenvalue weighted by molar-refractivity contribution is 6.01. The monoisotopic (exact) mass is 392 g/mol. The van der Waals surface area contributed by atoms with Crippen LogP contribution in [0.3, 0.4) is 0 Å². The number of carbonyl (C=O) groups excluding carboxylic acids is 1. The van der Waals surface area contributed by atoms with Crippen molar-refractivity contribution in [3.05, 3.63) is 71.3 Å². The summed E-state index contributed by atoms with van der Waals surface area (Å²) in [4.78, 5) is 12.5. The number of nitrogens with zero attached hydrogens (tertiary/aromatic N) is 1. The molecule has 0 aliphatic carbocycles. The molecule has 0 heterocycles. The second kappa shape index (κ2) is 10.6. The number of nitrogens with one attached hydrogen (secondary N) is 1. The number of hydrogen-bond acceptors (Lipinski definition) is 5. The van der Waals surface area contributed by atoms with Crippen LogP contribution in [0.4, 0.5) is 0 Å². The third-order valence-corrected chi connectivity index (χ3v) is 4.23. The third kappa shape index (κ3) is 5.63. The number of amides is 1. The molecule has 0 fully saturated rings. The van der Waals surface area contributed by atoms with Gasteiger partial charge in [-0.1, -0.05) is 18.2 Å². The molecule has 2 rings (SSSR count). The molecule has 6 nitrogen and oxygen atoms in total. The van der Waals surface area contributed by atoms with Crippen LogP contribution < -0.4 is 19.5 Å². The summed E-state index contributed by atoms with van der Waals surface area (Å²) in [7, 11) is 4.69. The Morgan fingerprint density at radius 2 is 1.86 bits per heavy atom. The maximum atomic E-state index is 12.5. The number of nitriles is 1. The maximum Gasteiger partial charge on any atom is 0.262 e. The average molecular weight is 392 g/mol. The second-order valence-corrected chi connectivity index (χ2v) is 6.11. The summed E-state index contributed by atoms with van der Waals surface area (Å²) in [5, 5.41) is 12.2. The fourth-order valence-corrected chi connectivity index (χ4v) is 2.79. The Morgan fingerprint density at radius 3 is 2.41 bits per heavy atom. The summed E-state index contributed by atoms with van der Waals surface area (Å²) in [6.45, 7) is 4.05. The van der Waals surface area contributed by atoms with Crippen LogP contribution in [0.25, 0.3) is 6.08 Å². The third-order valence-electron chi connectivity index (χ3n) is 4.23. The van der Waals surface area contributed by atoms with Gasteiger partial charge in [0.05, 0.1) is 21.3 Å². The van der Waals surface area contributed by atoms with Gasteiger partial charge in [0, 0.05) is 12.1 Å². The number of ether oxygens (including phenoxy) is 3. The summed E-state index contributed by atoms with van der Waals surface area (Å²) in [6.07, 6.45) is 3.84. The lowest BCUT2D eigenvalue weighted by Crippen LogP contribution is -2.23. The molecule has 0 atom stereocenters. The average Bonchev–Trinajstić information content (AvgIpc) is 2.75. The van der Waals surface area contributed by atoms with E-state index in [1.807, 2.05) is 36.4 Å². The molecule has 2 aromatic carbocycles. The van der Waals surface area contributed by atoms with Crippen LogP contribution in [0, 0.1) is 11.3 Å². The fraction of sp³-hybridized carbons (Fsp3) is 0.217. The Balaban J connectivity index is 2.23. The predicted octanol–water partition coefficient (Wildman–Crippen LogP) is 3.66. The van der Waals surface area contributed by atoms with Gasteiger partial charge >= 0.3 is 0 Å². The van der Waals surface area contributed by atoms with E-state index in [0.717, 1.165) is 16.9 Å². The molecular weight excluding hydrogens is 368 g/mol. The molecule has 1 N–H and O–H groups in total. The highest BCUT2D eigenvalue weighted by Crippen LogP contribution is 2.33. The Kier molecular flexibility index (Phi) is 7.87. The van der Waals surface area contributed by atoms with Crippen molar-refractivity contribution in [3.63, 3.8) is 0 Å². The number of hydrogen-bond donors (Lipinski definition) is 1. The zero-order valence-corrected chi connectivity index (χ0v) is 16.8. The quantitative estimate of drug-likeness (QED) is 0.400. The van der Waals surface area contributed by atoms with E-state index in [2.05, 4.69) is 11.9 Å². The Hall–Kier alpha value is -3.72. The van der Waals surface area contributed by atoms with E-state index < -0.39 is 5.91 Å². The van der Waals surface area contributed by atoms with Crippen molar-refractivity contribution in [3.8, 4) is 23.3 Å². The molecule has 0 spiro atoms. The Morgan fingerprint density at radius 1 is 1.14 bits per heavy atom. The molecule has 0 bridgehead atoms. The van der Waals surface area contributed by atoms with Crippen LogP contribution in [-0.4, -0.2) is 27.2 Å². The van der Waals surface area contributed by atoms with Crippen LogP contribution in [0.15, 0.2) is 54.6 Å². The van der Waals surface area contributed by atoms with E-state index in [1.165, 1.54) is 13.2 Å². The zero-order chi connectivity index (χ0) is 21.2. The second-order valence-electron chi connectivity index (χ2n) is 6.11. The van der Waals surface area contributed by atoms with Crippen molar-refractivity contribution in [2.75, 3.05) is 21.3 Å². The molecule has 0 saturated carbocycles. The number of carbonyl (C=O) groups is 1. The van der Waals surface area contributed by atoms with Gasteiger partial charge in [-0.2, -0.15) is 5.26 Å². The number of benzene rings is 2. The lowest BCUT2D eigenvalue weighted by Gasteiger charge is -2.13. The highest BCUT2D eigenvalue weighted by atomic mass is 16.5. The van der Waals surface area contributed by atoms with E-state index in [-0.39, 0.29) is 5.57 Å². The largest absolute Gasteiger partial charge is 0.497 e. The molecule has 0 unspecified atom stereocenters. The predicted molar refractivity (Wildman–Crippen MR) is 112 cm³/mol. The van der Waals surface area contributed by atoms with Gasteiger partial charge in [0.25, 0.3) is 5.91 Å². The standard InChI is InChI=1S/C23H24N2O4/c1-5-6-18-11-17(13-21(28-3)22(18)29-4)12-19(14-24)23(26)25-15-16-7-9-20(27-2)10-8-16/h5,7-13H,1,6,15H2,2-4H3,(H,25,26)/b19-12-. The first kappa shape index (κ1) is 21.6. The summed E-state index contributed by atoms with van der Waals surface area (Å²) < 4.78 is 15.9. The van der Waals surface area contributed by atoms with Crippen LogP contribution in [0.1, 0.15) is 16.7 Å². The summed E-state index contributed by atoms with van der Waals surface area (Å²) in [5.41, 5.74) is 2.41. The lowest BCUT2D eigenvalue weighted by molar-refractivity contribution is -0.117. The van der Waals surface area contributed by atoms with Crippen LogP contribution >= 0.6 is 0 Å². The molecule has 0 aliphatic heterocycles. The van der Waals surface area contributed by atoms with Gasteiger partial charge in [-0.05, 0) is 47.9 Å². The van der Waals surface area contributed by atoms with Gasteiger partial charge in [0.15, 0.2) is 11.5 Å². The first-order chi connectivity index (χ1) is 14.1. The molecule has 1 amide bonds. The van der Waals surface area contributed by atoms with Gasteiger partial charge in [-0.15, -0.1) is 6.58 Å². The fourth-order valence-electron chi connectivity index (χ4n) is 2.79. The molecule has 0 saturated heterocycles. The molecule has 0 radical (unpaired) electrons. The summed E-state index contributed by atoms with van der Waals surface area (Å²) in [5.74, 6) is 1.41. The zero-order valence-electron chi connectivity index (χ0n) is 16.8. The molecule has 6 heteroatoms. The Labute approximate surface area is 171 Å². The van der Waals surface area contributed by atoms with Gasteiger partial charge in [-0.25, -0.2) is 0 Å². The topological polar surface area (TPSA) is 80.6 Å². The van der Waals surface area contributed by atoms with Crippen LogP contribution in [0.2, 0.25) is 0 Å².